The highest BCUT2D eigenvalue weighted by molar-refractivity contribution is 5.41. The summed E-state index contributed by atoms with van der Waals surface area (Å²) < 4.78 is 0. The number of hydrogen-bond donors (Lipinski definition) is 1. The number of pyridine rings is 1. The maximum atomic E-state index is 5.44. The largest absolute Gasteiger partial charge is 0.345 e. The molecule has 19 heavy (non-hydrogen) atoms. The molecule has 0 atom stereocenters. The fraction of sp³-hybridized carbons (Fsp3) is 0.562. The highest BCUT2D eigenvalue weighted by Gasteiger charge is 2.24. The minimum absolute atomic E-state index is 0.650. The molecule has 0 spiro atoms. The summed E-state index contributed by atoms with van der Waals surface area (Å²) in [5, 5.41) is 3.38. The van der Waals surface area contributed by atoms with Crippen molar-refractivity contribution >= 4 is 5.82 Å². The second-order valence-corrected chi connectivity index (χ2v) is 5.23. The van der Waals surface area contributed by atoms with Gasteiger partial charge in [0.25, 0.3) is 0 Å². The molecule has 0 aliphatic heterocycles. The van der Waals surface area contributed by atoms with E-state index < -0.39 is 0 Å². The average Bonchev–Trinajstić information content (AvgIpc) is 3.23. The third-order valence-corrected chi connectivity index (χ3v) is 3.35. The summed E-state index contributed by atoms with van der Waals surface area (Å²) in [6, 6.07) is 4.23. The highest BCUT2D eigenvalue weighted by atomic mass is 15.2. The van der Waals surface area contributed by atoms with Gasteiger partial charge in [-0.1, -0.05) is 18.9 Å². The van der Waals surface area contributed by atoms with Crippen molar-refractivity contribution in [2.75, 3.05) is 24.5 Å². The summed E-state index contributed by atoms with van der Waals surface area (Å²) >= 11 is 0. The zero-order valence-electron chi connectivity index (χ0n) is 11.7. The molecule has 1 aromatic rings. The standard InChI is InChI=1S/C16H23N3/c1-3-9-17-11-15-7-8-16(18-12-15)19(10-4-2)13-14-5-6-14/h2,7-8,12,14,17H,3,5-6,9-11,13H2,1H3. The van der Waals surface area contributed by atoms with Crippen LogP contribution < -0.4 is 10.2 Å². The van der Waals surface area contributed by atoms with Gasteiger partial charge in [0.15, 0.2) is 0 Å². The molecule has 2 rings (SSSR count). The van der Waals surface area contributed by atoms with E-state index >= 15 is 0 Å². The topological polar surface area (TPSA) is 28.2 Å². The predicted molar refractivity (Wildman–Crippen MR) is 80.0 cm³/mol. The van der Waals surface area contributed by atoms with Crippen LogP contribution in [-0.2, 0) is 6.54 Å². The van der Waals surface area contributed by atoms with Crippen molar-refractivity contribution in [1.29, 1.82) is 0 Å². The number of rotatable bonds is 8. The molecular weight excluding hydrogens is 234 g/mol. The molecule has 0 radical (unpaired) electrons. The number of nitrogens with one attached hydrogen (secondary N) is 1. The van der Waals surface area contributed by atoms with E-state index in [0.29, 0.717) is 6.54 Å². The molecule has 0 amide bonds. The molecule has 0 saturated heterocycles. The number of anilines is 1. The molecule has 102 valence electrons. The lowest BCUT2D eigenvalue weighted by Crippen LogP contribution is -2.27. The second-order valence-electron chi connectivity index (χ2n) is 5.23. The summed E-state index contributed by atoms with van der Waals surface area (Å²) in [6.45, 7) is 5.80. The van der Waals surface area contributed by atoms with E-state index in [1.165, 1.54) is 18.4 Å². The molecule has 0 bridgehead atoms. The monoisotopic (exact) mass is 257 g/mol. The van der Waals surface area contributed by atoms with Crippen molar-refractivity contribution in [2.45, 2.75) is 32.7 Å². The van der Waals surface area contributed by atoms with Crippen molar-refractivity contribution < 1.29 is 0 Å². The van der Waals surface area contributed by atoms with Crippen LogP contribution in [0.2, 0.25) is 0 Å². The maximum Gasteiger partial charge on any atom is 0.129 e. The molecule has 0 unspecified atom stereocenters. The molecule has 1 saturated carbocycles. The van der Waals surface area contributed by atoms with Crippen LogP contribution in [-0.4, -0.2) is 24.6 Å². The third kappa shape index (κ3) is 4.57. The zero-order chi connectivity index (χ0) is 13.5. The molecule has 1 fully saturated rings. The van der Waals surface area contributed by atoms with Crippen LogP contribution in [0.4, 0.5) is 5.82 Å². The molecule has 3 heteroatoms. The Morgan fingerprint density at radius 1 is 1.47 bits per heavy atom. The van der Waals surface area contributed by atoms with Crippen molar-refractivity contribution in [3.8, 4) is 12.3 Å². The minimum atomic E-state index is 0.650. The maximum absolute atomic E-state index is 5.44. The van der Waals surface area contributed by atoms with Gasteiger partial charge in [0, 0.05) is 19.3 Å². The molecule has 3 nitrogen and oxygen atoms in total. The first-order valence-corrected chi connectivity index (χ1v) is 7.17. The van der Waals surface area contributed by atoms with Gasteiger partial charge in [-0.3, -0.25) is 0 Å². The molecule has 0 aromatic carbocycles. The van der Waals surface area contributed by atoms with Gasteiger partial charge >= 0.3 is 0 Å². The van der Waals surface area contributed by atoms with E-state index in [1.807, 2.05) is 6.20 Å². The first-order valence-electron chi connectivity index (χ1n) is 7.17. The quantitative estimate of drug-likeness (QED) is 0.572. The summed E-state index contributed by atoms with van der Waals surface area (Å²) in [7, 11) is 0. The van der Waals surface area contributed by atoms with E-state index in [4.69, 9.17) is 6.42 Å². The van der Waals surface area contributed by atoms with Gasteiger partial charge in [-0.15, -0.1) is 6.42 Å². The predicted octanol–water partition coefficient (Wildman–Crippen LogP) is 2.43. The van der Waals surface area contributed by atoms with Gasteiger partial charge in [0.1, 0.15) is 5.82 Å². The summed E-state index contributed by atoms with van der Waals surface area (Å²) in [6.07, 6.45) is 11.2. The van der Waals surface area contributed by atoms with Gasteiger partial charge in [0.05, 0.1) is 6.54 Å². The number of terminal acetylenes is 1. The van der Waals surface area contributed by atoms with Crippen molar-refractivity contribution in [1.82, 2.24) is 10.3 Å². The Kier molecular flexibility index (Phi) is 5.23. The Labute approximate surface area is 116 Å². The molecular formula is C16H23N3. The van der Waals surface area contributed by atoms with Crippen molar-refractivity contribution in [3.05, 3.63) is 23.9 Å². The zero-order valence-corrected chi connectivity index (χ0v) is 11.7. The SMILES string of the molecule is C#CCN(CC1CC1)c1ccc(CNCCC)cn1. The van der Waals surface area contributed by atoms with Gasteiger partial charge < -0.3 is 10.2 Å². The molecule has 1 heterocycles. The van der Waals surface area contributed by atoms with E-state index in [0.717, 1.165) is 37.8 Å². The Balaban J connectivity index is 1.92. The second kappa shape index (κ2) is 7.16. The van der Waals surface area contributed by atoms with E-state index in [-0.39, 0.29) is 0 Å². The van der Waals surface area contributed by atoms with Crippen LogP contribution in [0, 0.1) is 18.3 Å². The van der Waals surface area contributed by atoms with E-state index in [9.17, 15) is 0 Å². The third-order valence-electron chi connectivity index (χ3n) is 3.35. The normalized spacial score (nSPS) is 14.1. The number of nitrogens with zero attached hydrogens (tertiary/aromatic N) is 2. The molecule has 1 aromatic heterocycles. The van der Waals surface area contributed by atoms with Gasteiger partial charge in [-0.2, -0.15) is 0 Å². The first kappa shape index (κ1) is 13.9. The lowest BCUT2D eigenvalue weighted by Gasteiger charge is -2.21. The van der Waals surface area contributed by atoms with Crippen LogP contribution in [0.25, 0.3) is 0 Å². The molecule has 1 N–H and O–H groups in total. The fourth-order valence-corrected chi connectivity index (χ4v) is 2.08. The van der Waals surface area contributed by atoms with Crippen molar-refractivity contribution in [3.63, 3.8) is 0 Å². The average molecular weight is 257 g/mol. The van der Waals surface area contributed by atoms with Gasteiger partial charge in [-0.25, -0.2) is 4.98 Å². The van der Waals surface area contributed by atoms with Crippen LogP contribution in [0.15, 0.2) is 18.3 Å². The number of aromatic nitrogens is 1. The molecule has 1 aliphatic rings. The Hall–Kier alpha value is -1.53. The highest BCUT2D eigenvalue weighted by Crippen LogP contribution is 2.30. The first-order chi connectivity index (χ1) is 9.33. The van der Waals surface area contributed by atoms with Crippen LogP contribution >= 0.6 is 0 Å². The number of hydrogen-bond acceptors (Lipinski definition) is 3. The van der Waals surface area contributed by atoms with Crippen LogP contribution in [0.1, 0.15) is 31.7 Å². The van der Waals surface area contributed by atoms with E-state index in [2.05, 4.69) is 40.2 Å². The van der Waals surface area contributed by atoms with E-state index in [1.54, 1.807) is 0 Å². The summed E-state index contributed by atoms with van der Waals surface area (Å²) in [5.41, 5.74) is 1.23. The summed E-state index contributed by atoms with van der Waals surface area (Å²) in [4.78, 5) is 6.76. The summed E-state index contributed by atoms with van der Waals surface area (Å²) in [5.74, 6) is 4.55. The smallest absolute Gasteiger partial charge is 0.129 e. The van der Waals surface area contributed by atoms with Crippen LogP contribution in [0.3, 0.4) is 0 Å². The molecule has 1 aliphatic carbocycles. The Bertz CT molecular complexity index is 415. The van der Waals surface area contributed by atoms with Crippen molar-refractivity contribution in [2.24, 2.45) is 5.92 Å². The Morgan fingerprint density at radius 3 is 2.89 bits per heavy atom. The minimum Gasteiger partial charge on any atom is -0.345 e. The Morgan fingerprint density at radius 2 is 2.32 bits per heavy atom. The van der Waals surface area contributed by atoms with Crippen LogP contribution in [0.5, 0.6) is 0 Å². The fourth-order valence-electron chi connectivity index (χ4n) is 2.08. The van der Waals surface area contributed by atoms with Gasteiger partial charge in [-0.05, 0) is 43.4 Å². The lowest BCUT2D eigenvalue weighted by molar-refractivity contribution is 0.673. The van der Waals surface area contributed by atoms with Gasteiger partial charge in [0.2, 0.25) is 0 Å². The lowest BCUT2D eigenvalue weighted by atomic mass is 10.2.